The molecule has 0 aliphatic carbocycles. The van der Waals surface area contributed by atoms with Crippen LogP contribution in [-0.2, 0) is 0 Å². The molecular formula is C13H22N2O. The summed E-state index contributed by atoms with van der Waals surface area (Å²) in [6.45, 7) is 3.01. The molecule has 90 valence electrons. The first-order valence-corrected chi connectivity index (χ1v) is 5.76. The number of likely N-dealkylation sites (N-methyl/N-ethyl adjacent to an activating group) is 1. The molecule has 16 heavy (non-hydrogen) atoms. The highest BCUT2D eigenvalue weighted by molar-refractivity contribution is 5.49. The van der Waals surface area contributed by atoms with E-state index in [1.54, 1.807) is 0 Å². The number of hydrogen-bond acceptors (Lipinski definition) is 3. The lowest BCUT2D eigenvalue weighted by Gasteiger charge is -2.19. The second kappa shape index (κ2) is 6.38. The number of rotatable bonds is 6. The fourth-order valence-corrected chi connectivity index (χ4v) is 1.52. The van der Waals surface area contributed by atoms with Gasteiger partial charge in [0.1, 0.15) is 11.9 Å². The van der Waals surface area contributed by atoms with Crippen molar-refractivity contribution in [1.29, 1.82) is 0 Å². The molecule has 0 bridgehead atoms. The van der Waals surface area contributed by atoms with Crippen LogP contribution in [0.4, 0.5) is 5.69 Å². The maximum atomic E-state index is 5.91. The molecule has 3 nitrogen and oxygen atoms in total. The fourth-order valence-electron chi connectivity index (χ4n) is 1.52. The van der Waals surface area contributed by atoms with E-state index in [9.17, 15) is 0 Å². The number of nitrogens with zero attached hydrogens (tertiary/aromatic N) is 1. The van der Waals surface area contributed by atoms with Crippen molar-refractivity contribution in [2.45, 2.75) is 19.4 Å². The monoisotopic (exact) mass is 222 g/mol. The maximum absolute atomic E-state index is 5.91. The summed E-state index contributed by atoms with van der Waals surface area (Å²) in [4.78, 5) is 2.08. The van der Waals surface area contributed by atoms with Crippen LogP contribution in [-0.4, -0.2) is 33.8 Å². The highest BCUT2D eigenvalue weighted by atomic mass is 16.5. The lowest BCUT2D eigenvalue weighted by molar-refractivity contribution is 0.196. The Labute approximate surface area is 98.4 Å². The zero-order valence-electron chi connectivity index (χ0n) is 10.7. The average Bonchev–Trinajstić information content (AvgIpc) is 2.29. The summed E-state index contributed by atoms with van der Waals surface area (Å²) in [6.07, 6.45) is 1.25. The van der Waals surface area contributed by atoms with Crippen LogP contribution in [0.1, 0.15) is 13.3 Å². The Hall–Kier alpha value is -1.22. The van der Waals surface area contributed by atoms with Crippen molar-refractivity contribution in [2.24, 2.45) is 0 Å². The minimum atomic E-state index is 0.238. The van der Waals surface area contributed by atoms with Crippen LogP contribution in [0.15, 0.2) is 24.3 Å². The van der Waals surface area contributed by atoms with Crippen molar-refractivity contribution in [3.05, 3.63) is 24.3 Å². The van der Waals surface area contributed by atoms with Crippen molar-refractivity contribution < 1.29 is 4.74 Å². The third-order valence-electron chi connectivity index (χ3n) is 2.52. The quantitative estimate of drug-likeness (QED) is 0.798. The molecule has 3 heteroatoms. The van der Waals surface area contributed by atoms with Gasteiger partial charge in [0.05, 0.1) is 0 Å². The zero-order valence-corrected chi connectivity index (χ0v) is 10.7. The summed E-state index contributed by atoms with van der Waals surface area (Å²) in [5, 5.41) is 3.14. The van der Waals surface area contributed by atoms with Gasteiger partial charge < -0.3 is 15.0 Å². The Bertz CT molecular complexity index is 313. The van der Waals surface area contributed by atoms with Crippen LogP contribution in [0.2, 0.25) is 0 Å². The van der Waals surface area contributed by atoms with Gasteiger partial charge in [0, 0.05) is 32.4 Å². The molecule has 0 radical (unpaired) electrons. The van der Waals surface area contributed by atoms with Gasteiger partial charge in [-0.05, 0) is 25.6 Å². The predicted octanol–water partition coefficient (Wildman–Crippen LogP) is 2.13. The molecule has 1 rings (SSSR count). The van der Waals surface area contributed by atoms with E-state index in [-0.39, 0.29) is 6.10 Å². The summed E-state index contributed by atoms with van der Waals surface area (Å²) >= 11 is 0. The van der Waals surface area contributed by atoms with E-state index in [0.717, 1.165) is 24.4 Å². The SMILES string of the molecule is CCC(CNC)Oc1cccc(N(C)C)c1. The Balaban J connectivity index is 2.68. The third kappa shape index (κ3) is 3.74. The molecule has 1 N–H and O–H groups in total. The van der Waals surface area contributed by atoms with Gasteiger partial charge in [-0.15, -0.1) is 0 Å². The van der Waals surface area contributed by atoms with Crippen LogP contribution in [0.3, 0.4) is 0 Å². The first-order chi connectivity index (χ1) is 7.67. The number of ether oxygens (including phenoxy) is 1. The Morgan fingerprint density at radius 1 is 1.38 bits per heavy atom. The van der Waals surface area contributed by atoms with Crippen LogP contribution in [0.5, 0.6) is 5.75 Å². The molecule has 0 aliphatic rings. The van der Waals surface area contributed by atoms with Gasteiger partial charge in [-0.25, -0.2) is 0 Å². The summed E-state index contributed by atoms with van der Waals surface area (Å²) in [7, 11) is 6.01. The smallest absolute Gasteiger partial charge is 0.121 e. The maximum Gasteiger partial charge on any atom is 0.121 e. The second-order valence-electron chi connectivity index (χ2n) is 4.10. The molecule has 1 atom stereocenters. The van der Waals surface area contributed by atoms with E-state index in [1.165, 1.54) is 0 Å². The van der Waals surface area contributed by atoms with E-state index >= 15 is 0 Å². The minimum Gasteiger partial charge on any atom is -0.489 e. The standard InChI is InChI=1S/C13H22N2O/c1-5-12(10-14-2)16-13-8-6-7-11(9-13)15(3)4/h6-9,12,14H,5,10H2,1-4H3. The van der Waals surface area contributed by atoms with Crippen LogP contribution in [0, 0.1) is 0 Å². The topological polar surface area (TPSA) is 24.5 Å². The predicted molar refractivity (Wildman–Crippen MR) is 69.4 cm³/mol. The first-order valence-electron chi connectivity index (χ1n) is 5.76. The number of anilines is 1. The molecule has 0 saturated heterocycles. The molecule has 1 aromatic rings. The van der Waals surface area contributed by atoms with Crippen LogP contribution >= 0.6 is 0 Å². The van der Waals surface area contributed by atoms with Gasteiger partial charge in [-0.2, -0.15) is 0 Å². The minimum absolute atomic E-state index is 0.238. The largest absolute Gasteiger partial charge is 0.489 e. The Morgan fingerprint density at radius 2 is 2.12 bits per heavy atom. The number of benzene rings is 1. The summed E-state index contributed by atoms with van der Waals surface area (Å²) in [5.41, 5.74) is 1.16. The number of nitrogens with one attached hydrogen (secondary N) is 1. The summed E-state index contributed by atoms with van der Waals surface area (Å²) in [5.74, 6) is 0.938. The highest BCUT2D eigenvalue weighted by Gasteiger charge is 2.07. The first kappa shape index (κ1) is 12.8. The van der Waals surface area contributed by atoms with Gasteiger partial charge in [-0.1, -0.05) is 13.0 Å². The van der Waals surface area contributed by atoms with Crippen molar-refractivity contribution in [3.63, 3.8) is 0 Å². The lowest BCUT2D eigenvalue weighted by Crippen LogP contribution is -2.28. The molecule has 1 unspecified atom stereocenters. The molecule has 0 fully saturated rings. The van der Waals surface area contributed by atoms with Gasteiger partial charge in [0.15, 0.2) is 0 Å². The van der Waals surface area contributed by atoms with Crippen molar-refractivity contribution in [1.82, 2.24) is 5.32 Å². The second-order valence-corrected chi connectivity index (χ2v) is 4.10. The number of hydrogen-bond donors (Lipinski definition) is 1. The molecular weight excluding hydrogens is 200 g/mol. The van der Waals surface area contributed by atoms with E-state index in [1.807, 2.05) is 33.3 Å². The molecule has 0 aromatic heterocycles. The van der Waals surface area contributed by atoms with Gasteiger partial charge in [0.25, 0.3) is 0 Å². The lowest BCUT2D eigenvalue weighted by atomic mass is 10.2. The molecule has 0 spiro atoms. The zero-order chi connectivity index (χ0) is 12.0. The molecule has 0 heterocycles. The van der Waals surface area contributed by atoms with Gasteiger partial charge >= 0.3 is 0 Å². The van der Waals surface area contributed by atoms with E-state index in [0.29, 0.717) is 0 Å². The van der Waals surface area contributed by atoms with Crippen LogP contribution < -0.4 is 15.0 Å². The summed E-state index contributed by atoms with van der Waals surface area (Å²) < 4.78 is 5.91. The molecule has 0 aliphatic heterocycles. The van der Waals surface area contributed by atoms with Crippen molar-refractivity contribution in [3.8, 4) is 5.75 Å². The van der Waals surface area contributed by atoms with Gasteiger partial charge in [-0.3, -0.25) is 0 Å². The fraction of sp³-hybridized carbons (Fsp3) is 0.538. The average molecular weight is 222 g/mol. The van der Waals surface area contributed by atoms with E-state index < -0.39 is 0 Å². The van der Waals surface area contributed by atoms with Crippen molar-refractivity contribution >= 4 is 5.69 Å². The summed E-state index contributed by atoms with van der Waals surface area (Å²) in [6, 6.07) is 8.17. The van der Waals surface area contributed by atoms with Crippen molar-refractivity contribution in [2.75, 3.05) is 32.6 Å². The third-order valence-corrected chi connectivity index (χ3v) is 2.52. The molecule has 0 amide bonds. The van der Waals surface area contributed by atoms with Gasteiger partial charge in [0.2, 0.25) is 0 Å². The Kier molecular flexibility index (Phi) is 5.12. The van der Waals surface area contributed by atoms with Crippen LogP contribution in [0.25, 0.3) is 0 Å². The normalized spacial score (nSPS) is 12.2. The Morgan fingerprint density at radius 3 is 2.69 bits per heavy atom. The molecule has 1 aromatic carbocycles. The van der Waals surface area contributed by atoms with E-state index in [2.05, 4.69) is 29.3 Å². The van der Waals surface area contributed by atoms with E-state index in [4.69, 9.17) is 4.74 Å². The highest BCUT2D eigenvalue weighted by Crippen LogP contribution is 2.20. The molecule has 0 saturated carbocycles.